The maximum Gasteiger partial charge on any atom is 0.249 e. The van der Waals surface area contributed by atoms with Gasteiger partial charge in [-0.2, -0.15) is 0 Å². The second kappa shape index (κ2) is 40.8. The van der Waals surface area contributed by atoms with Crippen molar-refractivity contribution >= 4 is 5.91 Å². The predicted octanol–water partition coefficient (Wildman–Crippen LogP) is 9.17. The molecule has 1 saturated heterocycles. The summed E-state index contributed by atoms with van der Waals surface area (Å²) in [4.78, 5) is 13.1. The molecular weight excluding hydrogens is 787 g/mol. The zero-order chi connectivity index (χ0) is 45.5. The Bertz CT molecular complexity index is 1100. The summed E-state index contributed by atoms with van der Waals surface area (Å²) in [7, 11) is 0. The van der Waals surface area contributed by atoms with Crippen molar-refractivity contribution in [3.05, 3.63) is 36.5 Å². The Morgan fingerprint density at radius 1 is 0.548 bits per heavy atom. The van der Waals surface area contributed by atoms with E-state index >= 15 is 0 Å². The molecule has 1 fully saturated rings. The molecule has 8 N–H and O–H groups in total. The summed E-state index contributed by atoms with van der Waals surface area (Å²) >= 11 is 0. The van der Waals surface area contributed by atoms with E-state index in [2.05, 4.69) is 55.6 Å². The maximum atomic E-state index is 13.1. The first-order valence-electron chi connectivity index (χ1n) is 25.4. The van der Waals surface area contributed by atoms with Crippen LogP contribution in [0.3, 0.4) is 0 Å². The number of unbranched alkanes of at least 4 members (excludes halogenated alkanes) is 24. The lowest BCUT2D eigenvalue weighted by molar-refractivity contribution is -0.303. The summed E-state index contributed by atoms with van der Waals surface area (Å²) in [5.41, 5.74) is 0. The molecule has 1 aliphatic rings. The van der Waals surface area contributed by atoms with Crippen molar-refractivity contribution in [3.63, 3.8) is 0 Å². The highest BCUT2D eigenvalue weighted by Crippen LogP contribution is 2.23. The van der Waals surface area contributed by atoms with E-state index in [0.29, 0.717) is 19.3 Å². The van der Waals surface area contributed by atoms with Crippen LogP contribution in [0, 0.1) is 0 Å². The molecule has 0 radical (unpaired) electrons. The molecule has 62 heavy (non-hydrogen) atoms. The molecule has 364 valence electrons. The summed E-state index contributed by atoms with van der Waals surface area (Å²) in [6.07, 6.45) is 36.3. The first-order valence-corrected chi connectivity index (χ1v) is 25.4. The van der Waals surface area contributed by atoms with Crippen LogP contribution >= 0.6 is 0 Å². The maximum absolute atomic E-state index is 13.1. The van der Waals surface area contributed by atoms with Gasteiger partial charge in [-0.1, -0.05) is 185 Å². The molecule has 0 aliphatic carbocycles. The number of amides is 1. The zero-order valence-electron chi connectivity index (χ0n) is 39.4. The molecule has 9 atom stereocenters. The second-order valence-electron chi connectivity index (χ2n) is 17.9. The van der Waals surface area contributed by atoms with E-state index < -0.39 is 74.2 Å². The monoisotopic (exact) mass is 882 g/mol. The van der Waals surface area contributed by atoms with Gasteiger partial charge in [0.1, 0.15) is 36.6 Å². The van der Waals surface area contributed by atoms with Gasteiger partial charge in [0.05, 0.1) is 25.4 Å². The number of allylic oxidation sites excluding steroid dienone is 6. The number of aliphatic hydroxyl groups excluding tert-OH is 7. The Kier molecular flexibility index (Phi) is 38.4. The fourth-order valence-corrected chi connectivity index (χ4v) is 7.94. The Labute approximate surface area is 377 Å². The van der Waals surface area contributed by atoms with Crippen LogP contribution < -0.4 is 5.32 Å². The lowest BCUT2D eigenvalue weighted by Crippen LogP contribution is -2.60. The molecule has 0 aromatic carbocycles. The zero-order valence-corrected chi connectivity index (χ0v) is 39.4. The van der Waals surface area contributed by atoms with Gasteiger partial charge in [-0.15, -0.1) is 0 Å². The highest BCUT2D eigenvalue weighted by molar-refractivity contribution is 5.80. The van der Waals surface area contributed by atoms with Gasteiger partial charge in [0, 0.05) is 0 Å². The molecule has 0 aromatic heterocycles. The first kappa shape index (κ1) is 58.3. The fraction of sp³-hybridized carbons (Fsp3) is 0.863. The molecule has 11 heteroatoms. The number of hydrogen-bond donors (Lipinski definition) is 8. The van der Waals surface area contributed by atoms with Crippen molar-refractivity contribution in [3.8, 4) is 0 Å². The molecule has 0 bridgehead atoms. The first-order chi connectivity index (χ1) is 30.2. The van der Waals surface area contributed by atoms with Crippen molar-refractivity contribution in [2.24, 2.45) is 0 Å². The van der Waals surface area contributed by atoms with Crippen LogP contribution in [-0.4, -0.2) is 110 Å². The fourth-order valence-electron chi connectivity index (χ4n) is 7.94. The smallest absolute Gasteiger partial charge is 0.249 e. The Morgan fingerprint density at radius 2 is 0.968 bits per heavy atom. The lowest BCUT2D eigenvalue weighted by atomic mass is 9.98. The third-order valence-electron chi connectivity index (χ3n) is 12.2. The molecule has 1 aliphatic heterocycles. The van der Waals surface area contributed by atoms with Gasteiger partial charge in [0.15, 0.2) is 6.29 Å². The van der Waals surface area contributed by atoms with Crippen LogP contribution in [0.25, 0.3) is 0 Å². The van der Waals surface area contributed by atoms with Crippen LogP contribution in [0.5, 0.6) is 0 Å². The molecule has 9 unspecified atom stereocenters. The minimum Gasteiger partial charge on any atom is -0.394 e. The predicted molar refractivity (Wildman–Crippen MR) is 252 cm³/mol. The average Bonchev–Trinajstić information content (AvgIpc) is 3.27. The van der Waals surface area contributed by atoms with Crippen molar-refractivity contribution in [1.82, 2.24) is 5.32 Å². The number of ether oxygens (including phenoxy) is 2. The Balaban J connectivity index is 2.42. The number of carbonyl (C=O) groups excluding carboxylic acids is 1. The van der Waals surface area contributed by atoms with Crippen LogP contribution in [-0.2, 0) is 14.3 Å². The quantitative estimate of drug-likeness (QED) is 0.0217. The third-order valence-corrected chi connectivity index (χ3v) is 12.2. The summed E-state index contributed by atoms with van der Waals surface area (Å²) in [6.45, 7) is 3.41. The average molecular weight is 882 g/mol. The lowest BCUT2D eigenvalue weighted by Gasteiger charge is -2.40. The van der Waals surface area contributed by atoms with Gasteiger partial charge in [-0.3, -0.25) is 4.79 Å². The SMILES string of the molecule is CCCCCCCCCCCC/C=C/CC/C=C/CC/C=C/CCCC(O)C(O)C(COC1OC(CO)C(O)C(O)C1O)NC(=O)C(O)CCCCCCCCCCCCCC. The van der Waals surface area contributed by atoms with Gasteiger partial charge in [0.25, 0.3) is 0 Å². The molecule has 0 aromatic rings. The van der Waals surface area contributed by atoms with Gasteiger partial charge in [-0.05, 0) is 64.2 Å². The van der Waals surface area contributed by atoms with Crippen molar-refractivity contribution < 1.29 is 50.0 Å². The van der Waals surface area contributed by atoms with E-state index in [1.54, 1.807) is 0 Å². The van der Waals surface area contributed by atoms with Crippen LogP contribution in [0.15, 0.2) is 36.5 Å². The number of aliphatic hydroxyl groups is 7. The molecule has 11 nitrogen and oxygen atoms in total. The Morgan fingerprint density at radius 3 is 1.44 bits per heavy atom. The normalized spacial score (nSPS) is 21.6. The number of carbonyl (C=O) groups is 1. The number of hydrogen-bond acceptors (Lipinski definition) is 10. The van der Waals surface area contributed by atoms with Crippen LogP contribution in [0.1, 0.15) is 213 Å². The van der Waals surface area contributed by atoms with Crippen molar-refractivity contribution in [2.45, 2.75) is 268 Å². The highest BCUT2D eigenvalue weighted by atomic mass is 16.7. The van der Waals surface area contributed by atoms with E-state index in [-0.39, 0.29) is 12.8 Å². The van der Waals surface area contributed by atoms with E-state index in [4.69, 9.17) is 9.47 Å². The topological polar surface area (TPSA) is 189 Å². The molecular formula is C51H95NO10. The highest BCUT2D eigenvalue weighted by Gasteiger charge is 2.44. The van der Waals surface area contributed by atoms with Gasteiger partial charge in [-0.25, -0.2) is 0 Å². The van der Waals surface area contributed by atoms with E-state index in [1.807, 2.05) is 0 Å². The van der Waals surface area contributed by atoms with Crippen molar-refractivity contribution in [2.75, 3.05) is 13.2 Å². The summed E-state index contributed by atoms with van der Waals surface area (Å²) in [6, 6.07) is -1.19. The molecule has 1 amide bonds. The summed E-state index contributed by atoms with van der Waals surface area (Å²) < 4.78 is 11.1. The van der Waals surface area contributed by atoms with Crippen LogP contribution in [0.2, 0.25) is 0 Å². The molecule has 1 rings (SSSR count). The van der Waals surface area contributed by atoms with Crippen LogP contribution in [0.4, 0.5) is 0 Å². The van der Waals surface area contributed by atoms with Gasteiger partial charge >= 0.3 is 0 Å². The standard InChI is InChI=1S/C51H95NO10/c1-3-5-7-9-11-13-15-17-18-19-20-21-22-23-24-25-26-27-29-30-32-34-36-38-43(54)46(56)42(41-61-51-49(59)48(58)47(57)45(40-53)62-51)52-50(60)44(55)39-37-35-33-31-28-16-14-12-10-8-6-4-2/h21-22,25-26,30,32,42-49,51,53-59H,3-20,23-24,27-29,31,33-41H2,1-2H3,(H,52,60)/b22-21+,26-25+,32-30+. The van der Waals surface area contributed by atoms with Gasteiger partial charge < -0.3 is 50.5 Å². The van der Waals surface area contributed by atoms with Crippen molar-refractivity contribution in [1.29, 1.82) is 0 Å². The molecule has 0 spiro atoms. The van der Waals surface area contributed by atoms with E-state index in [0.717, 1.165) is 44.9 Å². The minimum absolute atomic E-state index is 0.242. The summed E-state index contributed by atoms with van der Waals surface area (Å²) in [5.74, 6) is -0.713. The third kappa shape index (κ3) is 29.7. The number of rotatable bonds is 42. The van der Waals surface area contributed by atoms with E-state index in [9.17, 15) is 40.5 Å². The van der Waals surface area contributed by atoms with Gasteiger partial charge in [0.2, 0.25) is 5.91 Å². The largest absolute Gasteiger partial charge is 0.394 e. The number of nitrogens with one attached hydrogen (secondary N) is 1. The summed E-state index contributed by atoms with van der Waals surface area (Å²) in [5, 5.41) is 75.7. The Hall–Kier alpha value is -1.67. The van der Waals surface area contributed by atoms with E-state index in [1.165, 1.54) is 122 Å². The second-order valence-corrected chi connectivity index (χ2v) is 17.9. The molecule has 1 heterocycles. The minimum atomic E-state index is -1.67. The molecule has 0 saturated carbocycles.